The van der Waals surface area contributed by atoms with Crippen molar-refractivity contribution in [2.45, 2.75) is 25.7 Å². The summed E-state index contributed by atoms with van der Waals surface area (Å²) in [5, 5.41) is 10.1. The summed E-state index contributed by atoms with van der Waals surface area (Å²) < 4.78 is 2.15. The molecule has 1 N–H and O–H groups in total. The van der Waals surface area contributed by atoms with Gasteiger partial charge in [-0.2, -0.15) is 4.73 Å². The lowest BCUT2D eigenvalue weighted by Crippen LogP contribution is -2.30. The van der Waals surface area contributed by atoms with Crippen LogP contribution in [0.3, 0.4) is 0 Å². The minimum Gasteiger partial charge on any atom is -0.428 e. The highest BCUT2D eigenvalue weighted by Crippen LogP contribution is 2.20. The molecule has 0 bridgehead atoms. The number of nitrogens with zero attached hydrogens (tertiary/aromatic N) is 2. The summed E-state index contributed by atoms with van der Waals surface area (Å²) in [5.74, 6) is 0. The molecule has 4 heteroatoms. The van der Waals surface area contributed by atoms with E-state index in [1.165, 1.54) is 4.73 Å². The molecule has 1 heterocycles. The lowest BCUT2D eigenvalue weighted by molar-refractivity contribution is -0.477. The molecule has 0 spiro atoms. The standard InChI is InChI=1S/C12H13N2O2/c15-13-9-5-1-2-6-10(9)14(16)12-8-4-3-7-11(12)13/h1-2,5-6,15H,3-4,7-8H2/q+1. The fourth-order valence-electron chi connectivity index (χ4n) is 2.43. The maximum Gasteiger partial charge on any atom is 0.290 e. The highest BCUT2D eigenvalue weighted by atomic mass is 16.5. The molecule has 0 unspecified atom stereocenters. The summed E-state index contributed by atoms with van der Waals surface area (Å²) in [6, 6.07) is 7.14. The molecule has 1 aromatic carbocycles. The van der Waals surface area contributed by atoms with E-state index in [-0.39, 0.29) is 0 Å². The summed E-state index contributed by atoms with van der Waals surface area (Å²) in [6.07, 6.45) is 3.59. The molecule has 0 fully saturated rings. The second kappa shape index (κ2) is 3.33. The Morgan fingerprint density at radius 3 is 2.81 bits per heavy atom. The predicted molar refractivity (Wildman–Crippen MR) is 59.1 cm³/mol. The minimum atomic E-state index is 0.533. The normalized spacial score (nSPS) is 15.0. The Bertz CT molecular complexity index is 616. The lowest BCUT2D eigenvalue weighted by Gasteiger charge is -2.13. The molecule has 1 aromatic heterocycles. The summed E-state index contributed by atoms with van der Waals surface area (Å²) >= 11 is 0. The van der Waals surface area contributed by atoms with Crippen molar-refractivity contribution in [3.8, 4) is 0 Å². The van der Waals surface area contributed by atoms with Crippen LogP contribution in [0.5, 0.6) is 0 Å². The average Bonchev–Trinajstić information content (AvgIpc) is 2.36. The number of aromatic nitrogens is 2. The van der Waals surface area contributed by atoms with Gasteiger partial charge in [-0.15, -0.1) is 0 Å². The van der Waals surface area contributed by atoms with Gasteiger partial charge in [0.15, 0.2) is 5.52 Å². The lowest BCUT2D eigenvalue weighted by atomic mass is 10.00. The second-order valence-corrected chi connectivity index (χ2v) is 4.20. The molecular weight excluding hydrogens is 204 g/mol. The highest BCUT2D eigenvalue weighted by molar-refractivity contribution is 5.71. The number of para-hydroxylation sites is 2. The van der Waals surface area contributed by atoms with Crippen molar-refractivity contribution < 1.29 is 9.63 Å². The van der Waals surface area contributed by atoms with Crippen LogP contribution in [0.2, 0.25) is 0 Å². The van der Waals surface area contributed by atoms with Gasteiger partial charge in [0, 0.05) is 17.4 Å². The van der Waals surface area contributed by atoms with E-state index in [0.717, 1.165) is 35.8 Å². The van der Waals surface area contributed by atoms with E-state index < -0.39 is 0 Å². The number of hydrogen-bond donors (Lipinski definition) is 1. The van der Waals surface area contributed by atoms with Crippen LogP contribution in [-0.2, 0) is 12.8 Å². The molecule has 0 radical (unpaired) electrons. The van der Waals surface area contributed by atoms with Crippen LogP contribution in [0.25, 0.3) is 11.0 Å². The molecule has 1 aliphatic rings. The van der Waals surface area contributed by atoms with Crippen LogP contribution < -0.4 is 4.43 Å². The van der Waals surface area contributed by atoms with E-state index in [2.05, 4.69) is 0 Å². The fraction of sp³-hybridized carbons (Fsp3) is 0.333. The first kappa shape index (κ1) is 9.39. The third kappa shape index (κ3) is 1.16. The predicted octanol–water partition coefficient (Wildman–Crippen LogP) is 1.67. The largest absolute Gasteiger partial charge is 0.428 e. The Balaban J connectivity index is 2.49. The first-order chi connectivity index (χ1) is 7.79. The molecule has 0 saturated heterocycles. The van der Waals surface area contributed by atoms with Gasteiger partial charge in [0.25, 0.3) is 11.2 Å². The van der Waals surface area contributed by atoms with Gasteiger partial charge in [0.05, 0.1) is 4.43 Å². The monoisotopic (exact) mass is 217 g/mol. The van der Waals surface area contributed by atoms with Crippen LogP contribution in [0, 0.1) is 4.91 Å². The van der Waals surface area contributed by atoms with E-state index in [9.17, 15) is 10.1 Å². The quantitative estimate of drug-likeness (QED) is 0.539. The Kier molecular flexibility index (Phi) is 1.96. The zero-order valence-corrected chi connectivity index (χ0v) is 8.89. The number of fused-ring (bicyclic) bond motifs is 2. The molecule has 0 aliphatic heterocycles. The molecular formula is C12H13N2O2+. The molecule has 0 amide bonds. The molecule has 2 aromatic rings. The van der Waals surface area contributed by atoms with Crippen LogP contribution in [0.1, 0.15) is 24.2 Å². The van der Waals surface area contributed by atoms with Crippen molar-refractivity contribution in [3.63, 3.8) is 0 Å². The summed E-state index contributed by atoms with van der Waals surface area (Å²) in [4.78, 5) is 12.1. The molecule has 0 atom stereocenters. The van der Waals surface area contributed by atoms with Crippen LogP contribution in [0.15, 0.2) is 24.3 Å². The first-order valence-corrected chi connectivity index (χ1v) is 5.56. The molecule has 1 aliphatic carbocycles. The Hall–Kier alpha value is -1.84. The van der Waals surface area contributed by atoms with E-state index in [4.69, 9.17) is 0 Å². The molecule has 82 valence electrons. The maximum absolute atomic E-state index is 12.1. The van der Waals surface area contributed by atoms with Gasteiger partial charge in [0.2, 0.25) is 0 Å². The topological polar surface area (TPSA) is 48.1 Å². The Morgan fingerprint density at radius 2 is 1.94 bits per heavy atom. The molecule has 16 heavy (non-hydrogen) atoms. The smallest absolute Gasteiger partial charge is 0.290 e. The third-order valence-corrected chi connectivity index (χ3v) is 3.24. The van der Waals surface area contributed by atoms with E-state index in [1.807, 2.05) is 12.1 Å². The van der Waals surface area contributed by atoms with Gasteiger partial charge < -0.3 is 5.21 Å². The van der Waals surface area contributed by atoms with Gasteiger partial charge in [0.1, 0.15) is 5.69 Å². The number of rotatable bonds is 0. The van der Waals surface area contributed by atoms with E-state index >= 15 is 0 Å². The highest BCUT2D eigenvalue weighted by Gasteiger charge is 2.26. The van der Waals surface area contributed by atoms with Crippen molar-refractivity contribution in [2.75, 3.05) is 0 Å². The van der Waals surface area contributed by atoms with Crippen molar-refractivity contribution in [2.24, 2.45) is 0 Å². The van der Waals surface area contributed by atoms with Gasteiger partial charge in [-0.1, -0.05) is 12.1 Å². The second-order valence-electron chi connectivity index (χ2n) is 4.20. The summed E-state index contributed by atoms with van der Waals surface area (Å²) in [7, 11) is 0. The Morgan fingerprint density at radius 1 is 1.19 bits per heavy atom. The van der Waals surface area contributed by atoms with E-state index in [1.54, 1.807) is 12.1 Å². The first-order valence-electron chi connectivity index (χ1n) is 5.56. The van der Waals surface area contributed by atoms with Gasteiger partial charge in [-0.05, 0) is 25.3 Å². The van der Waals surface area contributed by atoms with Crippen LogP contribution in [-0.4, -0.2) is 9.94 Å². The van der Waals surface area contributed by atoms with Crippen molar-refractivity contribution >= 4 is 11.0 Å². The zero-order valence-electron chi connectivity index (χ0n) is 8.89. The van der Waals surface area contributed by atoms with Gasteiger partial charge in [-0.25, -0.2) is 0 Å². The number of benzene rings is 1. The molecule has 3 rings (SSSR count). The maximum atomic E-state index is 12.1. The molecule has 4 nitrogen and oxygen atoms in total. The van der Waals surface area contributed by atoms with Gasteiger partial charge >= 0.3 is 0 Å². The SMILES string of the molecule is O=[n+]1c2c(n(O)c3ccccc31)CCCC2. The minimum absolute atomic E-state index is 0.533. The van der Waals surface area contributed by atoms with Gasteiger partial charge in [-0.3, -0.25) is 0 Å². The fourth-order valence-corrected chi connectivity index (χ4v) is 2.43. The van der Waals surface area contributed by atoms with Crippen molar-refractivity contribution in [1.82, 2.24) is 4.73 Å². The summed E-state index contributed by atoms with van der Waals surface area (Å²) in [5.41, 5.74) is 2.59. The number of hydrogen-bond acceptors (Lipinski definition) is 2. The van der Waals surface area contributed by atoms with E-state index in [0.29, 0.717) is 16.7 Å². The Labute approximate surface area is 92.3 Å². The molecule has 0 saturated carbocycles. The van der Waals surface area contributed by atoms with Crippen LogP contribution in [0.4, 0.5) is 0 Å². The average molecular weight is 217 g/mol. The van der Waals surface area contributed by atoms with Crippen molar-refractivity contribution in [1.29, 1.82) is 0 Å². The zero-order chi connectivity index (χ0) is 11.1. The van der Waals surface area contributed by atoms with Crippen LogP contribution >= 0.6 is 0 Å². The summed E-state index contributed by atoms with van der Waals surface area (Å²) in [6.45, 7) is 0. The third-order valence-electron chi connectivity index (χ3n) is 3.24. The van der Waals surface area contributed by atoms with Crippen molar-refractivity contribution in [3.05, 3.63) is 40.6 Å².